The number of ether oxygens (including phenoxy) is 2. The predicted molar refractivity (Wildman–Crippen MR) is 222 cm³/mol. The first kappa shape index (κ1) is 51.4. The van der Waals surface area contributed by atoms with Crippen LogP contribution in [0.15, 0.2) is 85.3 Å². The molecule has 0 aromatic heterocycles. The lowest BCUT2D eigenvalue weighted by molar-refractivity contribution is -0.153. The fourth-order valence-corrected chi connectivity index (χ4v) is 5.82. The van der Waals surface area contributed by atoms with Crippen LogP contribution in [0.1, 0.15) is 136 Å². The van der Waals surface area contributed by atoms with Crippen molar-refractivity contribution in [2.24, 2.45) is 5.73 Å². The molecule has 0 aliphatic rings. The molecule has 0 radical (unpaired) electrons. The summed E-state index contributed by atoms with van der Waals surface area (Å²) >= 11 is 0. The van der Waals surface area contributed by atoms with E-state index in [-0.39, 0.29) is 32.8 Å². The van der Waals surface area contributed by atoms with Gasteiger partial charge in [-0.25, -0.2) is 4.57 Å². The Balaban J connectivity index is 4.42. The van der Waals surface area contributed by atoms with Gasteiger partial charge in [0.1, 0.15) is 6.61 Å². The Hall–Kier alpha value is -2.56. The number of nitrogens with two attached hydrogens (primary N) is 1. The fourth-order valence-electron chi connectivity index (χ4n) is 5.05. The van der Waals surface area contributed by atoms with Gasteiger partial charge >= 0.3 is 13.8 Å². The van der Waals surface area contributed by atoms with E-state index in [1.54, 1.807) is 36.6 Å². The van der Waals surface area contributed by atoms with Gasteiger partial charge in [-0.05, 0) is 51.0 Å². The van der Waals surface area contributed by atoms with Crippen LogP contribution in [0.2, 0.25) is 0 Å². The molecule has 0 aliphatic carbocycles. The molecule has 11 heteroatoms. The van der Waals surface area contributed by atoms with E-state index >= 15 is 0 Å². The summed E-state index contributed by atoms with van der Waals surface area (Å²) in [5.74, 6) is -0.493. The van der Waals surface area contributed by atoms with Crippen LogP contribution in [0, 0.1) is 0 Å². The molecule has 1 unspecified atom stereocenters. The van der Waals surface area contributed by atoms with Crippen molar-refractivity contribution >= 4 is 13.8 Å². The molecule has 0 heterocycles. The summed E-state index contributed by atoms with van der Waals surface area (Å²) in [5.41, 5.74) is 5.34. The van der Waals surface area contributed by atoms with Crippen molar-refractivity contribution in [2.75, 3.05) is 26.4 Å². The van der Waals surface area contributed by atoms with Crippen molar-refractivity contribution in [3.05, 3.63) is 85.3 Å². The highest BCUT2D eigenvalue weighted by molar-refractivity contribution is 7.47. The van der Waals surface area contributed by atoms with E-state index in [0.29, 0.717) is 19.3 Å². The van der Waals surface area contributed by atoms with Crippen LogP contribution in [-0.2, 0) is 27.9 Å². The number of hydrogen-bond acceptors (Lipinski definition) is 9. The smallest absolute Gasteiger partial charge is 0.472 e. The minimum absolute atomic E-state index is 0.0425. The molecule has 0 aromatic carbocycles. The van der Waals surface area contributed by atoms with Gasteiger partial charge in [0, 0.05) is 13.0 Å². The number of aliphatic hydroxyl groups is 2. The van der Waals surface area contributed by atoms with E-state index in [1.807, 2.05) is 48.6 Å². The Bertz CT molecular complexity index is 1130. The van der Waals surface area contributed by atoms with Crippen LogP contribution in [0.4, 0.5) is 0 Å². The van der Waals surface area contributed by atoms with Crippen molar-refractivity contribution in [3.63, 3.8) is 0 Å². The fraction of sp³-hybridized carbons (Fsp3) is 0.651. The normalized spacial score (nSPS) is 15.5. The molecule has 0 spiro atoms. The maximum absolute atomic E-state index is 12.5. The molecule has 4 atom stereocenters. The van der Waals surface area contributed by atoms with Crippen LogP contribution in [0.3, 0.4) is 0 Å². The molecule has 0 bridgehead atoms. The van der Waals surface area contributed by atoms with Crippen molar-refractivity contribution < 1.29 is 43.0 Å². The zero-order valence-corrected chi connectivity index (χ0v) is 34.3. The van der Waals surface area contributed by atoms with Gasteiger partial charge < -0.3 is 30.3 Å². The van der Waals surface area contributed by atoms with E-state index in [2.05, 4.69) is 13.8 Å². The van der Waals surface area contributed by atoms with Crippen LogP contribution in [0.25, 0.3) is 0 Å². The molecule has 310 valence electrons. The van der Waals surface area contributed by atoms with Crippen LogP contribution < -0.4 is 5.73 Å². The van der Waals surface area contributed by atoms with Gasteiger partial charge in [-0.15, -0.1) is 0 Å². The standard InChI is InChI=1S/C43H74NO9P/c1-3-5-7-8-9-10-11-12-13-14-15-19-22-29-36-50-38-42(39-52-54(48,49)51-37-35-44)53-43(47)34-28-23-27-33-41(46)32-26-21-18-16-17-20-25-31-40(45)30-24-6-4-2/h6,17-18,20-21,24-27,29,31-33,36,40-42,45-46H,3-5,7-16,19,22-23,28,30,34-35,37-39,44H2,1-2H3,(H,48,49)/b20-17-,21-18-,24-6-,31-25+,32-26+,33-27-,36-29+/t40-,41-,42+/m0/s1. The van der Waals surface area contributed by atoms with Crippen molar-refractivity contribution in [3.8, 4) is 0 Å². The van der Waals surface area contributed by atoms with Crippen molar-refractivity contribution in [1.29, 1.82) is 0 Å². The summed E-state index contributed by atoms with van der Waals surface area (Å²) in [5, 5.41) is 20.0. The molecule has 0 fully saturated rings. The number of esters is 1. The van der Waals surface area contributed by atoms with Crippen molar-refractivity contribution in [1.82, 2.24) is 0 Å². The van der Waals surface area contributed by atoms with E-state index in [9.17, 15) is 24.5 Å². The summed E-state index contributed by atoms with van der Waals surface area (Å²) in [4.78, 5) is 22.4. The second-order valence-electron chi connectivity index (χ2n) is 13.2. The average molecular weight is 780 g/mol. The maximum Gasteiger partial charge on any atom is 0.472 e. The van der Waals surface area contributed by atoms with Gasteiger partial charge in [0.25, 0.3) is 0 Å². The molecular formula is C43H74NO9P. The molecule has 0 amide bonds. The highest BCUT2D eigenvalue weighted by atomic mass is 31.2. The number of phosphoric ester groups is 1. The van der Waals surface area contributed by atoms with Gasteiger partial charge in [-0.2, -0.15) is 0 Å². The van der Waals surface area contributed by atoms with Crippen LogP contribution in [-0.4, -0.2) is 65.8 Å². The third-order valence-electron chi connectivity index (χ3n) is 8.07. The summed E-state index contributed by atoms with van der Waals surface area (Å²) < 4.78 is 32.9. The summed E-state index contributed by atoms with van der Waals surface area (Å²) in [6, 6.07) is 0. The Kier molecular flexibility index (Phi) is 36.9. The van der Waals surface area contributed by atoms with Gasteiger partial charge in [-0.3, -0.25) is 13.8 Å². The molecule has 0 saturated heterocycles. The first-order valence-electron chi connectivity index (χ1n) is 20.4. The third kappa shape index (κ3) is 37.7. The van der Waals surface area contributed by atoms with E-state index in [4.69, 9.17) is 24.3 Å². The number of hydrogen-bond donors (Lipinski definition) is 4. The van der Waals surface area contributed by atoms with E-state index in [1.165, 1.54) is 70.6 Å². The molecule has 0 aromatic rings. The second kappa shape index (κ2) is 38.7. The summed E-state index contributed by atoms with van der Waals surface area (Å²) in [6.07, 6.45) is 43.4. The topological polar surface area (TPSA) is 158 Å². The lowest BCUT2D eigenvalue weighted by Gasteiger charge is -2.19. The number of allylic oxidation sites excluding steroid dienone is 9. The zero-order valence-electron chi connectivity index (χ0n) is 33.4. The number of carbonyl (C=O) groups is 1. The molecule has 5 N–H and O–H groups in total. The SMILES string of the molecule is CC/C=C\C[C@H](O)/C=C/C=C\C/C=C\C=C\[C@H](O)/C=C\CCCC(=O)O[C@H](CO/C=C/CCCCCCCCCCCCCC)COP(=O)(O)OCCN. The van der Waals surface area contributed by atoms with E-state index < -0.39 is 32.1 Å². The molecule has 0 saturated carbocycles. The van der Waals surface area contributed by atoms with E-state index in [0.717, 1.165) is 25.7 Å². The van der Waals surface area contributed by atoms with Crippen molar-refractivity contribution in [2.45, 2.75) is 154 Å². The quantitative estimate of drug-likeness (QED) is 0.0119. The number of aliphatic hydroxyl groups excluding tert-OH is 2. The number of carbonyl (C=O) groups excluding carboxylic acids is 1. The molecule has 10 nitrogen and oxygen atoms in total. The number of rotatable bonds is 37. The van der Waals surface area contributed by atoms with Gasteiger partial charge in [-0.1, -0.05) is 157 Å². The maximum atomic E-state index is 12.5. The third-order valence-corrected chi connectivity index (χ3v) is 9.05. The number of unbranched alkanes of at least 4 members (excludes halogenated alkanes) is 13. The Morgan fingerprint density at radius 1 is 0.704 bits per heavy atom. The van der Waals surface area contributed by atoms with Crippen LogP contribution >= 0.6 is 7.82 Å². The average Bonchev–Trinajstić information content (AvgIpc) is 3.15. The van der Waals surface area contributed by atoms with Gasteiger partial charge in [0.15, 0.2) is 6.10 Å². The zero-order chi connectivity index (χ0) is 39.8. The Morgan fingerprint density at radius 3 is 1.98 bits per heavy atom. The highest BCUT2D eigenvalue weighted by Crippen LogP contribution is 2.43. The van der Waals surface area contributed by atoms with Gasteiger partial charge in [0.05, 0.1) is 31.7 Å². The minimum Gasteiger partial charge on any atom is -0.498 e. The number of phosphoric acid groups is 1. The molecule has 54 heavy (non-hydrogen) atoms. The molecule has 0 aliphatic heterocycles. The van der Waals surface area contributed by atoms with Crippen LogP contribution in [0.5, 0.6) is 0 Å². The van der Waals surface area contributed by atoms with Gasteiger partial charge in [0.2, 0.25) is 0 Å². The Morgan fingerprint density at radius 2 is 1.33 bits per heavy atom. The second-order valence-corrected chi connectivity index (χ2v) is 14.7. The molecular weight excluding hydrogens is 705 g/mol. The monoisotopic (exact) mass is 780 g/mol. The Labute approximate surface area is 327 Å². The molecule has 0 rings (SSSR count). The lowest BCUT2D eigenvalue weighted by atomic mass is 10.0. The highest BCUT2D eigenvalue weighted by Gasteiger charge is 2.25. The summed E-state index contributed by atoms with van der Waals surface area (Å²) in [7, 11) is -4.35. The first-order chi connectivity index (χ1) is 26.2. The first-order valence-corrected chi connectivity index (χ1v) is 21.9. The summed E-state index contributed by atoms with van der Waals surface area (Å²) in [6.45, 7) is 3.80. The predicted octanol–water partition coefficient (Wildman–Crippen LogP) is 10.0. The largest absolute Gasteiger partial charge is 0.498 e. The lowest BCUT2D eigenvalue weighted by Crippen LogP contribution is -2.27. The minimum atomic E-state index is -4.35.